The zero-order valence-electron chi connectivity index (χ0n) is 16.1. The number of benzene rings is 3. The molecule has 1 heterocycles. The molecule has 1 aliphatic rings. The number of halogens is 1. The lowest BCUT2D eigenvalue weighted by Gasteiger charge is -2.32. The van der Waals surface area contributed by atoms with E-state index in [1.54, 1.807) is 23.1 Å². The van der Waals surface area contributed by atoms with Crippen LogP contribution in [0.1, 0.15) is 28.8 Å². The van der Waals surface area contributed by atoms with E-state index in [4.69, 9.17) is 0 Å². The molecule has 0 aliphatic carbocycles. The van der Waals surface area contributed by atoms with Crippen LogP contribution in [0.15, 0.2) is 66.7 Å². The van der Waals surface area contributed by atoms with Crippen molar-refractivity contribution >= 4 is 22.6 Å². The van der Waals surface area contributed by atoms with Crippen LogP contribution in [0.4, 0.5) is 4.39 Å². The van der Waals surface area contributed by atoms with Crippen LogP contribution in [0, 0.1) is 11.7 Å². The van der Waals surface area contributed by atoms with Crippen LogP contribution >= 0.6 is 0 Å². The van der Waals surface area contributed by atoms with Crippen LogP contribution in [0.5, 0.6) is 0 Å². The molecule has 0 spiro atoms. The number of amides is 2. The van der Waals surface area contributed by atoms with Crippen LogP contribution in [-0.2, 0) is 11.3 Å². The lowest BCUT2D eigenvalue weighted by Crippen LogP contribution is -2.45. The minimum Gasteiger partial charge on any atom is -0.352 e. The fraction of sp³-hybridized carbons (Fsp3) is 0.250. The average molecular weight is 390 g/mol. The molecule has 148 valence electrons. The maximum absolute atomic E-state index is 13.8. The molecule has 1 fully saturated rings. The number of piperidine rings is 1. The van der Waals surface area contributed by atoms with Crippen molar-refractivity contribution in [1.29, 1.82) is 0 Å². The first-order valence-corrected chi connectivity index (χ1v) is 9.91. The van der Waals surface area contributed by atoms with E-state index in [1.807, 2.05) is 42.5 Å². The number of nitrogens with zero attached hydrogens (tertiary/aromatic N) is 1. The van der Waals surface area contributed by atoms with Gasteiger partial charge >= 0.3 is 0 Å². The molecule has 0 bridgehead atoms. The van der Waals surface area contributed by atoms with Gasteiger partial charge in [-0.05, 0) is 35.7 Å². The predicted octanol–water partition coefficient (Wildman–Crippen LogP) is 4.15. The second-order valence-electron chi connectivity index (χ2n) is 7.43. The molecular weight excluding hydrogens is 367 g/mol. The Morgan fingerprint density at radius 2 is 1.76 bits per heavy atom. The Morgan fingerprint density at radius 3 is 2.62 bits per heavy atom. The number of hydrogen-bond donors (Lipinski definition) is 1. The molecule has 2 amide bonds. The molecule has 0 aromatic heterocycles. The maximum atomic E-state index is 13.8. The van der Waals surface area contributed by atoms with Crippen LogP contribution in [0.25, 0.3) is 10.8 Å². The number of hydrogen-bond acceptors (Lipinski definition) is 2. The molecule has 3 aromatic rings. The zero-order chi connectivity index (χ0) is 20.2. The molecule has 1 aliphatic heterocycles. The fourth-order valence-corrected chi connectivity index (χ4v) is 3.93. The third-order valence-corrected chi connectivity index (χ3v) is 5.51. The van der Waals surface area contributed by atoms with Crippen molar-refractivity contribution in [2.75, 3.05) is 13.1 Å². The van der Waals surface area contributed by atoms with Crippen molar-refractivity contribution in [3.8, 4) is 0 Å². The fourth-order valence-electron chi connectivity index (χ4n) is 3.93. The van der Waals surface area contributed by atoms with Crippen molar-refractivity contribution in [2.24, 2.45) is 5.92 Å². The summed E-state index contributed by atoms with van der Waals surface area (Å²) in [6, 6.07) is 19.9. The summed E-state index contributed by atoms with van der Waals surface area (Å²) in [4.78, 5) is 27.5. The second-order valence-corrected chi connectivity index (χ2v) is 7.43. The molecule has 4 nitrogen and oxygen atoms in total. The number of nitrogens with one attached hydrogen (secondary N) is 1. The number of carbonyl (C=O) groups excluding carboxylic acids is 2. The van der Waals surface area contributed by atoms with E-state index >= 15 is 0 Å². The van der Waals surface area contributed by atoms with Crippen molar-refractivity contribution in [3.63, 3.8) is 0 Å². The summed E-state index contributed by atoms with van der Waals surface area (Å²) >= 11 is 0. The van der Waals surface area contributed by atoms with Gasteiger partial charge in [-0.3, -0.25) is 9.59 Å². The van der Waals surface area contributed by atoms with Gasteiger partial charge in [-0.25, -0.2) is 4.39 Å². The molecular formula is C24H23FN2O2. The normalized spacial score (nSPS) is 16.6. The van der Waals surface area contributed by atoms with Gasteiger partial charge in [-0.15, -0.1) is 0 Å². The average Bonchev–Trinajstić information content (AvgIpc) is 2.77. The predicted molar refractivity (Wildman–Crippen MR) is 111 cm³/mol. The Kier molecular flexibility index (Phi) is 5.56. The van der Waals surface area contributed by atoms with Crippen LogP contribution in [0.3, 0.4) is 0 Å². The molecule has 1 saturated heterocycles. The third kappa shape index (κ3) is 4.14. The molecule has 4 rings (SSSR count). The molecule has 0 radical (unpaired) electrons. The Balaban J connectivity index is 1.44. The molecule has 29 heavy (non-hydrogen) atoms. The summed E-state index contributed by atoms with van der Waals surface area (Å²) in [5.41, 5.74) is 1.12. The van der Waals surface area contributed by atoms with Crippen molar-refractivity contribution in [3.05, 3.63) is 83.7 Å². The molecule has 0 unspecified atom stereocenters. The quantitative estimate of drug-likeness (QED) is 0.728. The smallest absolute Gasteiger partial charge is 0.254 e. The summed E-state index contributed by atoms with van der Waals surface area (Å²) in [5.74, 6) is -0.796. The lowest BCUT2D eigenvalue weighted by atomic mass is 9.95. The molecule has 0 saturated carbocycles. The minimum atomic E-state index is -0.329. The highest BCUT2D eigenvalue weighted by Gasteiger charge is 2.29. The van der Waals surface area contributed by atoms with Crippen LogP contribution in [-0.4, -0.2) is 29.8 Å². The van der Waals surface area contributed by atoms with E-state index in [0.29, 0.717) is 24.2 Å². The van der Waals surface area contributed by atoms with Gasteiger partial charge < -0.3 is 10.2 Å². The van der Waals surface area contributed by atoms with Gasteiger partial charge in [0, 0.05) is 30.8 Å². The summed E-state index contributed by atoms with van der Waals surface area (Å²) in [5, 5.41) is 4.77. The minimum absolute atomic E-state index is 0.0478. The standard InChI is InChI=1S/C24H23FN2O2/c25-22-13-4-2-8-18(22)15-26-23(28)19-10-6-14-27(16-19)24(29)21-12-5-9-17-7-1-3-11-20(17)21/h1-5,7-9,11-13,19H,6,10,14-16H2,(H,26,28)/t19-/m1/s1. The van der Waals surface area contributed by atoms with Gasteiger partial charge in [0.25, 0.3) is 5.91 Å². The van der Waals surface area contributed by atoms with Gasteiger partial charge in [0.2, 0.25) is 5.91 Å². The first-order valence-electron chi connectivity index (χ1n) is 9.91. The third-order valence-electron chi connectivity index (χ3n) is 5.51. The first kappa shape index (κ1) is 19.1. The zero-order valence-corrected chi connectivity index (χ0v) is 16.1. The number of rotatable bonds is 4. The molecule has 5 heteroatoms. The van der Waals surface area contributed by atoms with E-state index < -0.39 is 0 Å². The Morgan fingerprint density at radius 1 is 1.00 bits per heavy atom. The van der Waals surface area contributed by atoms with E-state index in [2.05, 4.69) is 5.32 Å². The van der Waals surface area contributed by atoms with E-state index in [1.165, 1.54) is 6.07 Å². The SMILES string of the molecule is O=C(NCc1ccccc1F)[C@@H]1CCCN(C(=O)c2cccc3ccccc23)C1. The van der Waals surface area contributed by atoms with Crippen LogP contribution in [0.2, 0.25) is 0 Å². The van der Waals surface area contributed by atoms with E-state index in [9.17, 15) is 14.0 Å². The Bertz CT molecular complexity index is 1040. The highest BCUT2D eigenvalue weighted by Crippen LogP contribution is 2.23. The van der Waals surface area contributed by atoms with Crippen molar-refractivity contribution in [2.45, 2.75) is 19.4 Å². The van der Waals surface area contributed by atoms with E-state index in [0.717, 1.165) is 23.6 Å². The molecule has 1 atom stereocenters. The topological polar surface area (TPSA) is 49.4 Å². The number of fused-ring (bicyclic) bond motifs is 1. The van der Waals surface area contributed by atoms with E-state index in [-0.39, 0.29) is 30.1 Å². The Hall–Kier alpha value is -3.21. The lowest BCUT2D eigenvalue weighted by molar-refractivity contribution is -0.126. The number of carbonyl (C=O) groups is 2. The summed E-state index contributed by atoms with van der Waals surface area (Å²) in [6.07, 6.45) is 1.50. The Labute approximate surface area is 169 Å². The van der Waals surface area contributed by atoms with Gasteiger partial charge in [0.05, 0.1) is 5.92 Å². The highest BCUT2D eigenvalue weighted by atomic mass is 19.1. The summed E-state index contributed by atoms with van der Waals surface area (Å²) in [6.45, 7) is 1.17. The molecule has 3 aromatic carbocycles. The largest absolute Gasteiger partial charge is 0.352 e. The monoisotopic (exact) mass is 390 g/mol. The highest BCUT2D eigenvalue weighted by molar-refractivity contribution is 6.07. The van der Waals surface area contributed by atoms with Gasteiger partial charge in [-0.1, -0.05) is 54.6 Å². The molecule has 1 N–H and O–H groups in total. The summed E-state index contributed by atoms with van der Waals surface area (Å²) < 4.78 is 13.8. The van der Waals surface area contributed by atoms with Crippen molar-refractivity contribution < 1.29 is 14.0 Å². The first-order chi connectivity index (χ1) is 14.1. The van der Waals surface area contributed by atoms with Gasteiger partial charge in [0.15, 0.2) is 0 Å². The van der Waals surface area contributed by atoms with Crippen molar-refractivity contribution in [1.82, 2.24) is 10.2 Å². The van der Waals surface area contributed by atoms with Crippen LogP contribution < -0.4 is 5.32 Å². The maximum Gasteiger partial charge on any atom is 0.254 e. The summed E-state index contributed by atoms with van der Waals surface area (Å²) in [7, 11) is 0. The van der Waals surface area contributed by atoms with Gasteiger partial charge in [0.1, 0.15) is 5.82 Å². The second kappa shape index (κ2) is 8.43. The number of likely N-dealkylation sites (tertiary alicyclic amines) is 1. The van der Waals surface area contributed by atoms with Gasteiger partial charge in [-0.2, -0.15) is 0 Å².